The SMILES string of the molecule is CCCCCCCCC=CCCCCCCCC(=O)ON1C(=O)CC(S(=O)(=O)[O-])C1=O.[Na+]. The third-order valence-corrected chi connectivity index (χ3v) is 6.31. The second-order valence-corrected chi connectivity index (χ2v) is 9.56. The molecule has 1 aliphatic heterocycles. The van der Waals surface area contributed by atoms with Gasteiger partial charge in [0.1, 0.15) is 15.4 Å². The number of carbonyl (C=O) groups excluding carboxylic acids is 3. The zero-order valence-electron chi connectivity index (χ0n) is 19.6. The Morgan fingerprint density at radius 1 is 0.969 bits per heavy atom. The summed E-state index contributed by atoms with van der Waals surface area (Å²) in [4.78, 5) is 39.8. The van der Waals surface area contributed by atoms with Crippen LogP contribution in [0.1, 0.15) is 103 Å². The largest absolute Gasteiger partial charge is 1.00 e. The smallest absolute Gasteiger partial charge is 0.747 e. The summed E-state index contributed by atoms with van der Waals surface area (Å²) in [6, 6.07) is 0. The van der Waals surface area contributed by atoms with Gasteiger partial charge in [0.2, 0.25) is 0 Å². The van der Waals surface area contributed by atoms with E-state index < -0.39 is 39.6 Å². The number of carbonyl (C=O) groups is 3. The van der Waals surface area contributed by atoms with Crippen LogP contribution in [0.25, 0.3) is 0 Å². The number of imide groups is 1. The van der Waals surface area contributed by atoms with Gasteiger partial charge in [-0.2, -0.15) is 0 Å². The normalized spacial score (nSPS) is 16.6. The van der Waals surface area contributed by atoms with Gasteiger partial charge in [-0.1, -0.05) is 70.4 Å². The number of amides is 2. The summed E-state index contributed by atoms with van der Waals surface area (Å²) in [6.07, 6.45) is 18.3. The summed E-state index contributed by atoms with van der Waals surface area (Å²) in [5, 5.41) is -1.90. The predicted molar refractivity (Wildman–Crippen MR) is 115 cm³/mol. The molecule has 1 rings (SSSR count). The molecule has 1 heterocycles. The zero-order chi connectivity index (χ0) is 23.1. The van der Waals surface area contributed by atoms with Crippen LogP contribution in [0.5, 0.6) is 0 Å². The third-order valence-electron chi connectivity index (χ3n) is 5.25. The predicted octanol–water partition coefficient (Wildman–Crippen LogP) is 1.16. The average Bonchev–Trinajstić information content (AvgIpc) is 2.99. The molecule has 1 atom stereocenters. The number of unbranched alkanes of at least 4 members (excludes halogenated alkanes) is 11. The van der Waals surface area contributed by atoms with E-state index in [1.54, 1.807) is 0 Å². The molecule has 2 amide bonds. The molecule has 32 heavy (non-hydrogen) atoms. The summed E-state index contributed by atoms with van der Waals surface area (Å²) in [7, 11) is -4.96. The van der Waals surface area contributed by atoms with Crippen molar-refractivity contribution in [3.8, 4) is 0 Å². The van der Waals surface area contributed by atoms with E-state index >= 15 is 0 Å². The average molecular weight is 482 g/mol. The van der Waals surface area contributed by atoms with Crippen molar-refractivity contribution in [1.29, 1.82) is 0 Å². The minimum absolute atomic E-state index is 0. The van der Waals surface area contributed by atoms with Gasteiger partial charge in [-0.05, 0) is 32.1 Å². The maximum Gasteiger partial charge on any atom is 1.00 e. The minimum atomic E-state index is -4.96. The Morgan fingerprint density at radius 2 is 1.47 bits per heavy atom. The van der Waals surface area contributed by atoms with Crippen LogP contribution in [0, 0.1) is 0 Å². The molecule has 10 heteroatoms. The van der Waals surface area contributed by atoms with Gasteiger partial charge >= 0.3 is 35.5 Å². The van der Waals surface area contributed by atoms with Gasteiger partial charge in [-0.25, -0.2) is 13.2 Å². The number of hydroxylamine groups is 2. The topological polar surface area (TPSA) is 121 Å². The van der Waals surface area contributed by atoms with Crippen molar-refractivity contribution in [2.45, 2.75) is 108 Å². The first-order chi connectivity index (χ1) is 14.8. The van der Waals surface area contributed by atoms with E-state index in [-0.39, 0.29) is 41.0 Å². The molecule has 0 N–H and O–H groups in total. The first-order valence-corrected chi connectivity index (χ1v) is 12.9. The summed E-state index contributed by atoms with van der Waals surface area (Å²) >= 11 is 0. The van der Waals surface area contributed by atoms with Gasteiger partial charge in [0.15, 0.2) is 0 Å². The Labute approximate surface area is 214 Å². The van der Waals surface area contributed by atoms with Gasteiger partial charge in [0.05, 0.1) is 6.42 Å². The number of hydrogen-bond acceptors (Lipinski definition) is 7. The Hall–Kier alpha value is -0.740. The molecule has 1 unspecified atom stereocenters. The van der Waals surface area contributed by atoms with Crippen molar-refractivity contribution in [3.63, 3.8) is 0 Å². The molecule has 0 bridgehead atoms. The van der Waals surface area contributed by atoms with Gasteiger partial charge in [0.25, 0.3) is 11.8 Å². The van der Waals surface area contributed by atoms with Crippen LogP contribution < -0.4 is 29.6 Å². The Balaban J connectivity index is 0.00000961. The van der Waals surface area contributed by atoms with Crippen LogP contribution in [-0.4, -0.2) is 41.1 Å². The molecular weight excluding hydrogens is 445 g/mol. The Kier molecular flexibility index (Phi) is 17.3. The fourth-order valence-electron chi connectivity index (χ4n) is 3.39. The molecule has 0 aromatic rings. The maximum absolute atomic E-state index is 11.8. The number of rotatable bonds is 17. The Morgan fingerprint density at radius 3 is 1.97 bits per heavy atom. The van der Waals surface area contributed by atoms with Crippen molar-refractivity contribution in [2.75, 3.05) is 0 Å². The molecule has 8 nitrogen and oxygen atoms in total. The zero-order valence-corrected chi connectivity index (χ0v) is 22.4. The molecule has 1 saturated heterocycles. The monoisotopic (exact) mass is 481 g/mol. The first kappa shape index (κ1) is 31.3. The quantitative estimate of drug-likeness (QED) is 0.100. The summed E-state index contributed by atoms with van der Waals surface area (Å²) < 4.78 is 32.8. The molecule has 0 aromatic heterocycles. The van der Waals surface area contributed by atoms with Crippen LogP contribution in [0.15, 0.2) is 12.2 Å². The van der Waals surface area contributed by atoms with Gasteiger partial charge in [0, 0.05) is 6.42 Å². The van der Waals surface area contributed by atoms with Gasteiger partial charge in [-0.15, -0.1) is 5.06 Å². The second kappa shape index (κ2) is 17.7. The molecule has 1 aliphatic rings. The van der Waals surface area contributed by atoms with E-state index in [0.29, 0.717) is 6.42 Å². The molecular formula is C22H36NNaO7S. The van der Waals surface area contributed by atoms with E-state index in [2.05, 4.69) is 23.9 Å². The fraction of sp³-hybridized carbons (Fsp3) is 0.773. The van der Waals surface area contributed by atoms with Crippen molar-refractivity contribution < 1.29 is 61.7 Å². The molecule has 0 aromatic carbocycles. The summed E-state index contributed by atoms with van der Waals surface area (Å²) in [5.41, 5.74) is 0. The molecule has 0 radical (unpaired) electrons. The van der Waals surface area contributed by atoms with Crippen LogP contribution in [0.3, 0.4) is 0 Å². The number of nitrogens with zero attached hydrogens (tertiary/aromatic N) is 1. The number of allylic oxidation sites excluding steroid dienone is 2. The molecule has 0 saturated carbocycles. The Bertz CT molecular complexity index is 709. The maximum atomic E-state index is 11.8. The van der Waals surface area contributed by atoms with E-state index in [0.717, 1.165) is 38.5 Å². The molecule has 0 spiro atoms. The first-order valence-electron chi connectivity index (χ1n) is 11.4. The van der Waals surface area contributed by atoms with E-state index in [1.807, 2.05) is 0 Å². The summed E-state index contributed by atoms with van der Waals surface area (Å²) in [6.45, 7) is 2.23. The van der Waals surface area contributed by atoms with E-state index in [9.17, 15) is 27.4 Å². The standard InChI is InChI=1S/C22H37NO7S.Na/c1-2-3-4-5-6-7-8-9-10-11-12-13-14-15-16-17-21(25)30-23-20(24)18-19(22(23)26)31(27,28)29;/h9-10,19H,2-8,11-18H2,1H3,(H,27,28,29);/q;+1/p-1. The van der Waals surface area contributed by atoms with Crippen LogP contribution in [0.4, 0.5) is 0 Å². The number of hydrogen-bond donors (Lipinski definition) is 0. The molecule has 0 aliphatic carbocycles. The minimum Gasteiger partial charge on any atom is -0.747 e. The van der Waals surface area contributed by atoms with Crippen LogP contribution >= 0.6 is 0 Å². The van der Waals surface area contributed by atoms with Gasteiger partial charge in [-0.3, -0.25) is 9.59 Å². The van der Waals surface area contributed by atoms with E-state index in [4.69, 9.17) is 0 Å². The summed E-state index contributed by atoms with van der Waals surface area (Å²) in [5.74, 6) is -3.08. The van der Waals surface area contributed by atoms with Crippen LogP contribution in [-0.2, 0) is 29.3 Å². The van der Waals surface area contributed by atoms with E-state index in [1.165, 1.54) is 38.5 Å². The third kappa shape index (κ3) is 13.1. The second-order valence-electron chi connectivity index (χ2n) is 8.01. The van der Waals surface area contributed by atoms with Crippen molar-refractivity contribution >= 4 is 27.9 Å². The van der Waals surface area contributed by atoms with Gasteiger partial charge < -0.3 is 9.39 Å². The van der Waals surface area contributed by atoms with Crippen molar-refractivity contribution in [3.05, 3.63) is 12.2 Å². The van der Waals surface area contributed by atoms with Crippen molar-refractivity contribution in [2.24, 2.45) is 0 Å². The van der Waals surface area contributed by atoms with Crippen molar-refractivity contribution in [1.82, 2.24) is 5.06 Å². The van der Waals surface area contributed by atoms with Crippen LogP contribution in [0.2, 0.25) is 0 Å². The fourth-order valence-corrected chi connectivity index (χ4v) is 4.08. The molecule has 178 valence electrons. The molecule has 1 fully saturated rings.